The number of rotatable bonds is 6. The largest absolute Gasteiger partial charge is 3.00 e. The number of hydrogen-bond donors (Lipinski definition) is 12. The summed E-state index contributed by atoms with van der Waals surface area (Å²) in [5.74, 6) is 0. The Morgan fingerprint density at radius 2 is 0.124 bits per heavy atom. The molecule has 77 nitrogen and oxygen atoms in total. The molecule has 0 heterocycles. The Morgan fingerprint density at radius 1 is 0.114 bits per heavy atom. The molecule has 3 radical (unpaired) electrons. The second kappa shape index (κ2) is 7120. The Bertz CT molecular complexity index is 377. The molecule has 0 atom stereocenters. The van der Waals surface area contributed by atoms with Gasteiger partial charge in [-0.05, 0) is 0 Å². The Balaban J connectivity index is -0.00000000233. The summed E-state index contributed by atoms with van der Waals surface area (Å²) in [5.41, 5.74) is 58.8. The first kappa shape index (κ1) is 738. The SMILES string of the molecule is NCCN.NCCN.NCCN.NCCN.NCCN.NCCN.O.O.O.O=O.O=O.O=O.O=O.O=O.O=O.O=O.O=O.O=O.O=O.O=O.O=O.O=O.O=O.O=O.O=O.O=O.O=O.O=O.O=O.O=O.[Al+3].[Cu+2].[Cu+2].[Cu+2].[O-2].[O-2].[O-2].[O-2].[O-2].[O-2].[O-2].[O-2].[O-2].[O-2].[O-2].[O-2].[O-2].[O-2].[O-2].[O-2].[O-2].[O-2].[O-2].[O-2].[W+2].[W+2].[W+2].[W+2].[W+2].[W].[W].[W].[W].[W].[W].[W]. The van der Waals surface area contributed by atoms with E-state index >= 15 is 0 Å². The Hall–Kier alpha value is 0.551. The molecule has 0 unspecified atom stereocenters. The maximum absolute atomic E-state index is 7.00. The summed E-state index contributed by atoms with van der Waals surface area (Å²) in [6.07, 6.45) is 0. The summed E-state index contributed by atoms with van der Waals surface area (Å²) >= 11 is 0. The Morgan fingerprint density at radius 3 is 0.124 bits per heavy atom. The first-order valence-corrected chi connectivity index (χ1v) is 11.4. The van der Waals surface area contributed by atoms with Crippen LogP contribution in [0.25, 0.3) is 0 Å². The van der Waals surface area contributed by atoms with Gasteiger partial charge in [-0.1, -0.05) is 0 Å². The molecule has 0 bridgehead atoms. The predicted molar refractivity (Wildman–Crippen MR) is 280 cm³/mol. The van der Waals surface area contributed by atoms with Gasteiger partial charge in [0.15, 0.2) is 0 Å². The van der Waals surface area contributed by atoms with Crippen molar-refractivity contribution < 1.29 is 430 Å². The standard InChI is InChI=1S/6C2H8N2.Al.3Cu.21O2.3H2O.20O.12W/c6*3-1-2-4;;;;;21*1-2;;;;;;;;;;;;;;;;;;;;;;;;;;;;;;;;;;;/h6*1-4H2;;;;;;;;;;;;;;;;;;;;;;;;;;3*1H2;;;;;;;;;;;;;;;;;;;;;;;;;;;;;;;;/q;;;;;;+3;3*+2;;;;;;;;;;;;;;;;;;;;;;;;;20*-2;;;;;;;;5*+2. The van der Waals surface area contributed by atoms with Crippen molar-refractivity contribution in [2.24, 2.45) is 68.8 Å². The maximum atomic E-state index is 7.00. The summed E-state index contributed by atoms with van der Waals surface area (Å²) in [5, 5.41) is 0. The van der Waals surface area contributed by atoms with Crippen LogP contribution in [0.1, 0.15) is 0 Å². The molecule has 0 aromatic rings. The molecule has 0 saturated carbocycles. The molecule has 0 aromatic heterocycles. The predicted octanol–water partition coefficient (Wildman–Crippen LogP) is -10.4. The van der Waals surface area contributed by atoms with Gasteiger partial charge < -0.3 is 195 Å². The van der Waals surface area contributed by atoms with Crippen LogP contribution in [-0.4, -0.2) is 112 Å². The monoisotopic (exact) mass is 3830 g/mol. The van der Waals surface area contributed by atoms with Crippen LogP contribution in [0.5, 0.6) is 0 Å². The average Bonchev–Trinajstić information content (AvgIpc) is 3.51. The summed E-state index contributed by atoms with van der Waals surface area (Å²) < 4.78 is 0. The fourth-order valence-electron chi connectivity index (χ4n) is 0. The van der Waals surface area contributed by atoms with Crippen LogP contribution >= 0.6 is 0 Å². The van der Waals surface area contributed by atoms with Gasteiger partial charge in [0.2, 0.25) is 0 Å². The van der Waals surface area contributed by atoms with Crippen molar-refractivity contribution in [1.82, 2.24) is 0 Å². The van der Waals surface area contributed by atoms with E-state index in [9.17, 15) is 0 Å². The van der Waals surface area contributed by atoms with E-state index in [2.05, 4.69) is 0 Å². The van der Waals surface area contributed by atoms with Gasteiger partial charge in [-0.25, -0.2) is 0 Å². The van der Waals surface area contributed by atoms with Crippen molar-refractivity contribution in [1.29, 1.82) is 0 Å². The second-order valence-electron chi connectivity index (χ2n) is 3.46. The van der Waals surface area contributed by atoms with Crippen molar-refractivity contribution in [3.8, 4) is 0 Å². The van der Waals surface area contributed by atoms with Crippen LogP contribution in [0, 0.1) is 209 Å². The third-order valence-corrected chi connectivity index (χ3v) is 1.00. The molecule has 0 aromatic carbocycles. The average molecular weight is 3830 g/mol. The van der Waals surface area contributed by atoms with Crippen molar-refractivity contribution in [2.75, 3.05) is 78.5 Å². The molecule has 93 heteroatoms. The van der Waals surface area contributed by atoms with Crippen LogP contribution < -0.4 is 68.8 Å². The number of nitrogens with two attached hydrogens (primary N) is 12. The smallest absolute Gasteiger partial charge is 2.00 e. The van der Waals surface area contributed by atoms with Gasteiger partial charge in [-0.15, -0.1) is 0 Å². The Labute approximate surface area is 794 Å². The van der Waals surface area contributed by atoms with Crippen LogP contribution in [0.4, 0.5) is 0 Å². The third-order valence-electron chi connectivity index (χ3n) is 1.00. The molecule has 0 rings (SSSR count). The molecule has 0 fully saturated rings. The summed E-state index contributed by atoms with van der Waals surface area (Å²) in [4.78, 5) is 294. The topological polar surface area (TPSA) is 1690 Å². The summed E-state index contributed by atoms with van der Waals surface area (Å²) in [6.45, 7) is 7.17. The van der Waals surface area contributed by atoms with Crippen LogP contribution in [0.2, 0.25) is 0 Å². The zero-order valence-electron chi connectivity index (χ0n) is 48.6. The van der Waals surface area contributed by atoms with E-state index in [-0.39, 0.29) is 447 Å². The van der Waals surface area contributed by atoms with E-state index in [4.69, 9.17) is 277 Å². The van der Waals surface area contributed by atoms with Gasteiger partial charge in [-0.3, -0.25) is 0 Å². The van der Waals surface area contributed by atoms with E-state index in [1.54, 1.807) is 0 Å². The molecule has 0 aliphatic carbocycles. The molecule has 0 spiro atoms. The molecule has 0 amide bonds. The first-order valence-electron chi connectivity index (χ1n) is 11.4. The van der Waals surface area contributed by atoms with Crippen molar-refractivity contribution in [3.05, 3.63) is 209 Å². The van der Waals surface area contributed by atoms with Gasteiger partial charge in [0.1, 0.15) is 0 Å². The molecule has 105 heavy (non-hydrogen) atoms. The number of hydrogen-bond acceptors (Lipinski definition) is 54. The molecule has 0 aliphatic rings. The van der Waals surface area contributed by atoms with Gasteiger partial charge in [0, 0.05) is 435 Å². The van der Waals surface area contributed by atoms with E-state index in [1.165, 1.54) is 0 Å². The third kappa shape index (κ3) is 25600. The first-order chi connectivity index (χ1) is 32.5. The minimum Gasteiger partial charge on any atom is -2.00 e. The summed E-state index contributed by atoms with van der Waals surface area (Å²) in [7, 11) is 0. The second-order valence-corrected chi connectivity index (χ2v) is 3.46. The van der Waals surface area contributed by atoms with Gasteiger partial charge in [0.05, 0.1) is 0 Å². The van der Waals surface area contributed by atoms with Crippen LogP contribution in [0.15, 0.2) is 0 Å². The zero-order chi connectivity index (χ0) is 62.5. The Kier molecular flexibility index (Phi) is 50000. The van der Waals surface area contributed by atoms with Crippen molar-refractivity contribution >= 4 is 17.4 Å². The van der Waals surface area contributed by atoms with Gasteiger partial charge in [-0.2, -0.15) is 0 Å². The maximum Gasteiger partial charge on any atom is 3.00 e. The van der Waals surface area contributed by atoms with Crippen LogP contribution in [-0.2, 0) is 414 Å². The van der Waals surface area contributed by atoms with Crippen molar-refractivity contribution in [2.45, 2.75) is 0 Å². The fraction of sp³-hybridized carbons (Fsp3) is 1.00. The van der Waals surface area contributed by atoms with E-state index in [0.29, 0.717) is 78.5 Å². The van der Waals surface area contributed by atoms with E-state index < -0.39 is 0 Å². The van der Waals surface area contributed by atoms with Gasteiger partial charge in [0.25, 0.3) is 0 Å². The van der Waals surface area contributed by atoms with Crippen LogP contribution in [0.3, 0.4) is 0 Å². The molecule has 0 aliphatic heterocycles. The minimum atomic E-state index is 0. The molecular formula is C12H54AlCu3N12O65W12-21. The zero-order valence-corrected chi connectivity index (χ0v) is 87.8. The van der Waals surface area contributed by atoms with Crippen molar-refractivity contribution in [3.63, 3.8) is 0 Å². The van der Waals surface area contributed by atoms with E-state index in [0.717, 1.165) is 0 Å². The molecular weight excluding hydrogens is 3780 g/mol. The molecule has 30 N–H and O–H groups in total. The molecule has 0 saturated heterocycles. The van der Waals surface area contributed by atoms with Gasteiger partial charge >= 0.3 is 174 Å². The summed E-state index contributed by atoms with van der Waals surface area (Å²) in [6, 6.07) is 0. The quantitative estimate of drug-likeness (QED) is 0.110. The normalized spacial score (nSPS) is 2.51. The fourth-order valence-corrected chi connectivity index (χ4v) is 0. The molecule has 681 valence electrons. The minimum absolute atomic E-state index is 0. The van der Waals surface area contributed by atoms with E-state index in [1.807, 2.05) is 0 Å².